The molecule has 0 bridgehead atoms. The summed E-state index contributed by atoms with van der Waals surface area (Å²) < 4.78 is 11.5. The zero-order valence-corrected chi connectivity index (χ0v) is 21.7. The maximum Gasteiger partial charge on any atom is 0.257 e. The summed E-state index contributed by atoms with van der Waals surface area (Å²) >= 11 is 0. The van der Waals surface area contributed by atoms with Crippen molar-refractivity contribution in [3.05, 3.63) is 65.2 Å². The highest BCUT2D eigenvalue weighted by atomic mass is 16.5. The third-order valence-corrected chi connectivity index (χ3v) is 6.46. The van der Waals surface area contributed by atoms with Gasteiger partial charge in [-0.3, -0.25) is 9.59 Å². The fourth-order valence-corrected chi connectivity index (χ4v) is 4.55. The number of ether oxygens (including phenoxy) is 2. The zero-order chi connectivity index (χ0) is 25.2. The average Bonchev–Trinajstić information content (AvgIpc) is 2.84. The van der Waals surface area contributed by atoms with Crippen molar-refractivity contribution in [3.8, 4) is 5.75 Å². The van der Waals surface area contributed by atoms with Crippen molar-refractivity contribution in [1.82, 2.24) is 9.80 Å². The second-order valence-corrected chi connectivity index (χ2v) is 9.83. The number of methoxy groups -OCH3 is 1. The highest BCUT2D eigenvalue weighted by Gasteiger charge is 2.27. The van der Waals surface area contributed by atoms with Gasteiger partial charge in [-0.2, -0.15) is 0 Å². The second-order valence-electron chi connectivity index (χ2n) is 9.83. The number of nitrogens with zero attached hydrogens (tertiary/aromatic N) is 2. The summed E-state index contributed by atoms with van der Waals surface area (Å²) in [5.41, 5.74) is 2.77. The SMILES string of the molecule is COCCN1CCCCN(C(=O)Cc2ccc(C)cc2)[C@@H](CC(C)C)COc2ccccc2C1=O. The Morgan fingerprint density at radius 2 is 1.80 bits per heavy atom. The third kappa shape index (κ3) is 7.82. The highest BCUT2D eigenvalue weighted by molar-refractivity contribution is 5.97. The summed E-state index contributed by atoms with van der Waals surface area (Å²) in [6.45, 7) is 9.03. The lowest BCUT2D eigenvalue weighted by atomic mass is 10.0. The van der Waals surface area contributed by atoms with Gasteiger partial charge in [-0.1, -0.05) is 55.8 Å². The molecule has 2 amide bonds. The van der Waals surface area contributed by atoms with Crippen molar-refractivity contribution in [2.75, 3.05) is 40.0 Å². The number of hydrogen-bond acceptors (Lipinski definition) is 4. The van der Waals surface area contributed by atoms with Crippen LogP contribution in [-0.2, 0) is 16.0 Å². The molecular weight excluding hydrogens is 440 g/mol. The Bertz CT molecular complexity index is 957. The first kappa shape index (κ1) is 26.7. The molecule has 6 heteroatoms. The summed E-state index contributed by atoms with van der Waals surface area (Å²) in [6.07, 6.45) is 2.87. The van der Waals surface area contributed by atoms with E-state index in [4.69, 9.17) is 9.47 Å². The second kappa shape index (κ2) is 13.3. The molecule has 0 N–H and O–H groups in total. The van der Waals surface area contributed by atoms with Crippen LogP contribution in [0.25, 0.3) is 0 Å². The van der Waals surface area contributed by atoms with E-state index in [1.807, 2.05) is 46.2 Å². The van der Waals surface area contributed by atoms with Crippen LogP contribution in [0.3, 0.4) is 0 Å². The zero-order valence-electron chi connectivity index (χ0n) is 21.7. The van der Waals surface area contributed by atoms with Gasteiger partial charge in [0.05, 0.1) is 24.6 Å². The first-order chi connectivity index (χ1) is 16.9. The van der Waals surface area contributed by atoms with E-state index in [1.54, 1.807) is 7.11 Å². The fraction of sp³-hybridized carbons (Fsp3) is 0.517. The van der Waals surface area contributed by atoms with Crippen LogP contribution < -0.4 is 4.74 Å². The van der Waals surface area contributed by atoms with E-state index in [9.17, 15) is 9.59 Å². The van der Waals surface area contributed by atoms with Crippen LogP contribution >= 0.6 is 0 Å². The van der Waals surface area contributed by atoms with Crippen LogP contribution in [0.2, 0.25) is 0 Å². The van der Waals surface area contributed by atoms with Crippen LogP contribution in [0.1, 0.15) is 54.6 Å². The van der Waals surface area contributed by atoms with E-state index in [2.05, 4.69) is 32.9 Å². The van der Waals surface area contributed by atoms with E-state index in [-0.39, 0.29) is 17.9 Å². The first-order valence-electron chi connectivity index (χ1n) is 12.7. The number of aryl methyl sites for hydroxylation is 1. The molecule has 0 aromatic heterocycles. The molecule has 0 unspecified atom stereocenters. The van der Waals surface area contributed by atoms with Crippen molar-refractivity contribution in [1.29, 1.82) is 0 Å². The summed E-state index contributed by atoms with van der Waals surface area (Å²) in [7, 11) is 1.64. The third-order valence-electron chi connectivity index (χ3n) is 6.46. The maximum atomic E-state index is 13.6. The van der Waals surface area contributed by atoms with E-state index in [1.165, 1.54) is 5.56 Å². The number of carbonyl (C=O) groups excluding carboxylic acids is 2. The monoisotopic (exact) mass is 480 g/mol. The van der Waals surface area contributed by atoms with Crippen LogP contribution in [0, 0.1) is 12.8 Å². The Labute approximate surface area is 210 Å². The molecule has 35 heavy (non-hydrogen) atoms. The number of hydrogen-bond donors (Lipinski definition) is 0. The number of fused-ring (bicyclic) bond motifs is 1. The molecule has 1 heterocycles. The summed E-state index contributed by atoms with van der Waals surface area (Å²) in [6, 6.07) is 15.5. The largest absolute Gasteiger partial charge is 0.491 e. The minimum absolute atomic E-state index is 0.0362. The topological polar surface area (TPSA) is 59.1 Å². The van der Waals surface area contributed by atoms with Gasteiger partial charge in [-0.05, 0) is 49.8 Å². The molecule has 2 aromatic carbocycles. The van der Waals surface area contributed by atoms with Crippen molar-refractivity contribution in [2.24, 2.45) is 5.92 Å². The van der Waals surface area contributed by atoms with Crippen molar-refractivity contribution >= 4 is 11.8 Å². The first-order valence-corrected chi connectivity index (χ1v) is 12.7. The lowest BCUT2D eigenvalue weighted by Crippen LogP contribution is -2.46. The molecule has 0 aliphatic carbocycles. The van der Waals surface area contributed by atoms with Gasteiger partial charge in [0.1, 0.15) is 12.4 Å². The number of rotatable bonds is 7. The molecule has 3 rings (SSSR count). The molecular formula is C29H40N2O4. The van der Waals surface area contributed by atoms with Crippen molar-refractivity contribution < 1.29 is 19.1 Å². The van der Waals surface area contributed by atoms with Gasteiger partial charge in [0.2, 0.25) is 5.91 Å². The lowest BCUT2D eigenvalue weighted by Gasteiger charge is -2.34. The molecule has 1 aliphatic heterocycles. The number of benzene rings is 2. The van der Waals surface area contributed by atoms with Crippen molar-refractivity contribution in [3.63, 3.8) is 0 Å². The normalized spacial score (nSPS) is 17.4. The molecule has 0 saturated carbocycles. The van der Waals surface area contributed by atoms with Gasteiger partial charge in [-0.25, -0.2) is 0 Å². The van der Waals surface area contributed by atoms with Crippen LogP contribution in [0.15, 0.2) is 48.5 Å². The van der Waals surface area contributed by atoms with Crippen LogP contribution in [-0.4, -0.2) is 67.6 Å². The van der Waals surface area contributed by atoms with Gasteiger partial charge in [0.25, 0.3) is 5.91 Å². The Balaban J connectivity index is 1.87. The Hall–Kier alpha value is -2.86. The van der Waals surface area contributed by atoms with Gasteiger partial charge in [-0.15, -0.1) is 0 Å². The molecule has 6 nitrogen and oxygen atoms in total. The number of carbonyl (C=O) groups is 2. The molecule has 190 valence electrons. The van der Waals surface area contributed by atoms with Gasteiger partial charge >= 0.3 is 0 Å². The fourth-order valence-electron chi connectivity index (χ4n) is 4.55. The molecule has 0 fully saturated rings. The van der Waals surface area contributed by atoms with Crippen molar-refractivity contribution in [2.45, 2.75) is 52.5 Å². The van der Waals surface area contributed by atoms with E-state index in [0.29, 0.717) is 56.5 Å². The summed E-state index contributed by atoms with van der Waals surface area (Å²) in [4.78, 5) is 30.7. The molecule has 0 radical (unpaired) electrons. The van der Waals surface area contributed by atoms with Crippen LogP contribution in [0.4, 0.5) is 0 Å². The number of amides is 2. The predicted octanol–water partition coefficient (Wildman–Crippen LogP) is 4.74. The maximum absolute atomic E-state index is 13.6. The summed E-state index contributed by atoms with van der Waals surface area (Å²) in [5, 5.41) is 0. The minimum atomic E-state index is -0.0554. The Kier molecular flexibility index (Phi) is 10.2. The predicted molar refractivity (Wildman–Crippen MR) is 139 cm³/mol. The van der Waals surface area contributed by atoms with Crippen LogP contribution in [0.5, 0.6) is 5.75 Å². The van der Waals surface area contributed by atoms with E-state index in [0.717, 1.165) is 24.8 Å². The molecule has 0 spiro atoms. The van der Waals surface area contributed by atoms with Gasteiger partial charge in [0, 0.05) is 26.7 Å². The molecule has 1 atom stereocenters. The molecule has 0 saturated heterocycles. The summed E-state index contributed by atoms with van der Waals surface area (Å²) in [5.74, 6) is 1.07. The van der Waals surface area contributed by atoms with E-state index >= 15 is 0 Å². The average molecular weight is 481 g/mol. The van der Waals surface area contributed by atoms with Gasteiger partial charge in [0.15, 0.2) is 0 Å². The Morgan fingerprint density at radius 1 is 1.09 bits per heavy atom. The Morgan fingerprint density at radius 3 is 2.51 bits per heavy atom. The highest BCUT2D eigenvalue weighted by Crippen LogP contribution is 2.24. The molecule has 1 aliphatic rings. The smallest absolute Gasteiger partial charge is 0.257 e. The number of para-hydroxylation sites is 1. The quantitative estimate of drug-likeness (QED) is 0.574. The van der Waals surface area contributed by atoms with Gasteiger partial charge < -0.3 is 19.3 Å². The standard InChI is InChI=1S/C29H40N2O4/c1-22(2)19-25-21-35-27-10-6-5-9-26(27)29(33)30(17-18-34-4)15-7-8-16-31(25)28(32)20-24-13-11-23(3)12-14-24/h5-6,9-14,22,25H,7-8,15-21H2,1-4H3/t25-/m0/s1. The molecule has 2 aromatic rings. The lowest BCUT2D eigenvalue weighted by molar-refractivity contribution is -0.134. The minimum Gasteiger partial charge on any atom is -0.491 e. The van der Waals surface area contributed by atoms with E-state index < -0.39 is 0 Å².